The lowest BCUT2D eigenvalue weighted by Crippen LogP contribution is -2.01. The van der Waals surface area contributed by atoms with E-state index >= 15 is 0 Å². The second-order valence-corrected chi connectivity index (χ2v) is 4.33. The summed E-state index contributed by atoms with van der Waals surface area (Å²) in [5.74, 6) is -0.495. The highest BCUT2D eigenvalue weighted by Crippen LogP contribution is 2.19. The number of benzene rings is 1. The molecule has 2 rings (SSSR count). The summed E-state index contributed by atoms with van der Waals surface area (Å²) in [4.78, 5) is 11.2. The van der Waals surface area contributed by atoms with Crippen molar-refractivity contribution in [2.75, 3.05) is 7.11 Å². The van der Waals surface area contributed by atoms with E-state index in [1.54, 1.807) is 0 Å². The van der Waals surface area contributed by atoms with Gasteiger partial charge in [0.25, 0.3) is 0 Å². The molecule has 1 aromatic heterocycles. The Bertz CT molecular complexity index is 566. The summed E-state index contributed by atoms with van der Waals surface area (Å²) < 4.78 is 7.12. The lowest BCUT2D eigenvalue weighted by molar-refractivity contribution is 0.0594. The monoisotopic (exact) mass is 295 g/mol. The smallest absolute Gasteiger partial charge is 0.360 e. The minimum Gasteiger partial charge on any atom is -0.464 e. The first-order chi connectivity index (χ1) is 8.11. The Balaban J connectivity index is 2.37. The predicted molar refractivity (Wildman–Crippen MR) is 65.1 cm³/mol. The van der Waals surface area contributed by atoms with Crippen molar-refractivity contribution in [3.05, 3.63) is 40.1 Å². The van der Waals surface area contributed by atoms with E-state index in [1.165, 1.54) is 18.0 Å². The van der Waals surface area contributed by atoms with Crippen molar-refractivity contribution in [1.29, 1.82) is 0 Å². The van der Waals surface area contributed by atoms with E-state index in [4.69, 9.17) is 0 Å². The minimum atomic E-state index is -0.495. The van der Waals surface area contributed by atoms with Gasteiger partial charge >= 0.3 is 5.97 Å². The number of halogens is 1. The van der Waals surface area contributed by atoms with Gasteiger partial charge < -0.3 is 4.74 Å². The van der Waals surface area contributed by atoms with Crippen LogP contribution in [0.3, 0.4) is 0 Å². The first-order valence-corrected chi connectivity index (χ1v) is 5.68. The molecule has 0 fully saturated rings. The number of esters is 1. The average molecular weight is 296 g/mol. The Morgan fingerprint density at radius 2 is 2.24 bits per heavy atom. The normalized spacial score (nSPS) is 10.3. The highest BCUT2D eigenvalue weighted by atomic mass is 79.9. The van der Waals surface area contributed by atoms with E-state index in [9.17, 15) is 4.79 Å². The van der Waals surface area contributed by atoms with Crippen LogP contribution in [-0.4, -0.2) is 28.1 Å². The fourth-order valence-corrected chi connectivity index (χ4v) is 1.61. The molecule has 1 heterocycles. The Kier molecular flexibility index (Phi) is 3.23. The fourth-order valence-electron chi connectivity index (χ4n) is 1.36. The molecule has 17 heavy (non-hydrogen) atoms. The van der Waals surface area contributed by atoms with Gasteiger partial charge in [0.2, 0.25) is 0 Å². The van der Waals surface area contributed by atoms with Gasteiger partial charge in [-0.05, 0) is 30.7 Å². The van der Waals surface area contributed by atoms with Gasteiger partial charge in [0.1, 0.15) is 0 Å². The van der Waals surface area contributed by atoms with E-state index in [0.717, 1.165) is 15.7 Å². The number of ether oxygens (including phenoxy) is 1. The van der Waals surface area contributed by atoms with Crippen molar-refractivity contribution >= 4 is 21.9 Å². The Morgan fingerprint density at radius 1 is 1.47 bits per heavy atom. The van der Waals surface area contributed by atoms with Crippen LogP contribution in [0.1, 0.15) is 16.1 Å². The molecule has 0 amide bonds. The number of hydrogen-bond donors (Lipinski definition) is 0. The Morgan fingerprint density at radius 3 is 2.88 bits per heavy atom. The molecular formula is C11H10BrN3O2. The fraction of sp³-hybridized carbons (Fsp3) is 0.182. The SMILES string of the molecule is COC(=O)c1cn(-c2ccc(Br)c(C)c2)nn1. The van der Waals surface area contributed by atoms with Gasteiger partial charge in [-0.2, -0.15) is 0 Å². The minimum absolute atomic E-state index is 0.188. The highest BCUT2D eigenvalue weighted by molar-refractivity contribution is 9.10. The molecule has 0 aliphatic heterocycles. The summed E-state index contributed by atoms with van der Waals surface area (Å²) in [6.07, 6.45) is 1.54. The van der Waals surface area contributed by atoms with Gasteiger partial charge in [0, 0.05) is 4.47 Å². The molecule has 0 aliphatic rings. The van der Waals surface area contributed by atoms with Crippen molar-refractivity contribution in [3.8, 4) is 5.69 Å². The third kappa shape index (κ3) is 2.36. The standard InChI is InChI=1S/C11H10BrN3O2/c1-7-5-8(3-4-9(7)12)15-6-10(13-14-15)11(16)17-2/h3-6H,1-2H3. The van der Waals surface area contributed by atoms with Crippen LogP contribution in [0, 0.1) is 6.92 Å². The van der Waals surface area contributed by atoms with Gasteiger partial charge in [-0.3, -0.25) is 0 Å². The van der Waals surface area contributed by atoms with Crippen LogP contribution in [0.2, 0.25) is 0 Å². The van der Waals surface area contributed by atoms with Crippen molar-refractivity contribution < 1.29 is 9.53 Å². The van der Waals surface area contributed by atoms with Crippen LogP contribution >= 0.6 is 15.9 Å². The zero-order valence-corrected chi connectivity index (χ0v) is 10.9. The molecular weight excluding hydrogens is 286 g/mol. The van der Waals surface area contributed by atoms with Gasteiger partial charge in [-0.15, -0.1) is 5.10 Å². The molecule has 0 atom stereocenters. The number of hydrogen-bond acceptors (Lipinski definition) is 4. The molecule has 0 bridgehead atoms. The van der Waals surface area contributed by atoms with E-state index in [0.29, 0.717) is 0 Å². The zero-order chi connectivity index (χ0) is 12.4. The summed E-state index contributed by atoms with van der Waals surface area (Å²) in [5.41, 5.74) is 2.11. The first-order valence-electron chi connectivity index (χ1n) is 4.89. The third-order valence-electron chi connectivity index (χ3n) is 2.29. The van der Waals surface area contributed by atoms with Crippen LogP contribution < -0.4 is 0 Å². The lowest BCUT2D eigenvalue weighted by Gasteiger charge is -2.02. The van der Waals surface area contributed by atoms with Gasteiger partial charge in [0.05, 0.1) is 19.0 Å². The maximum absolute atomic E-state index is 11.2. The molecule has 0 saturated heterocycles. The van der Waals surface area contributed by atoms with E-state index in [1.807, 2.05) is 25.1 Å². The maximum Gasteiger partial charge on any atom is 0.360 e. The summed E-state index contributed by atoms with van der Waals surface area (Å²) in [6, 6.07) is 5.75. The molecule has 0 saturated carbocycles. The molecule has 0 aliphatic carbocycles. The largest absolute Gasteiger partial charge is 0.464 e. The van der Waals surface area contributed by atoms with Crippen LogP contribution in [0.5, 0.6) is 0 Å². The molecule has 1 aromatic carbocycles. The van der Waals surface area contributed by atoms with Crippen LogP contribution in [-0.2, 0) is 4.74 Å². The number of aryl methyl sites for hydroxylation is 1. The van der Waals surface area contributed by atoms with Crippen LogP contribution in [0.15, 0.2) is 28.9 Å². The topological polar surface area (TPSA) is 57.0 Å². The lowest BCUT2D eigenvalue weighted by atomic mass is 10.2. The molecule has 0 N–H and O–H groups in total. The quantitative estimate of drug-likeness (QED) is 0.797. The van der Waals surface area contributed by atoms with Gasteiger partial charge in [-0.1, -0.05) is 21.1 Å². The van der Waals surface area contributed by atoms with Crippen molar-refractivity contribution in [3.63, 3.8) is 0 Å². The second kappa shape index (κ2) is 4.67. The van der Waals surface area contributed by atoms with Crippen LogP contribution in [0.4, 0.5) is 0 Å². The Hall–Kier alpha value is -1.69. The summed E-state index contributed by atoms with van der Waals surface area (Å²) in [7, 11) is 1.31. The summed E-state index contributed by atoms with van der Waals surface area (Å²) in [5, 5.41) is 7.62. The molecule has 6 heteroatoms. The average Bonchev–Trinajstić information content (AvgIpc) is 2.81. The Labute approximate surface area is 107 Å². The summed E-state index contributed by atoms with van der Waals surface area (Å²) in [6.45, 7) is 1.98. The van der Waals surface area contributed by atoms with E-state index in [-0.39, 0.29) is 5.69 Å². The number of nitrogens with zero attached hydrogens (tertiary/aromatic N) is 3. The van der Waals surface area contributed by atoms with Crippen molar-refractivity contribution in [2.45, 2.75) is 6.92 Å². The number of carbonyl (C=O) groups excluding carboxylic acids is 1. The summed E-state index contributed by atoms with van der Waals surface area (Å²) >= 11 is 3.42. The van der Waals surface area contributed by atoms with E-state index < -0.39 is 5.97 Å². The predicted octanol–water partition coefficient (Wildman–Crippen LogP) is 2.12. The van der Waals surface area contributed by atoms with Gasteiger partial charge in [-0.25, -0.2) is 9.48 Å². The van der Waals surface area contributed by atoms with E-state index in [2.05, 4.69) is 31.0 Å². The third-order valence-corrected chi connectivity index (χ3v) is 3.18. The van der Waals surface area contributed by atoms with Crippen molar-refractivity contribution in [2.24, 2.45) is 0 Å². The molecule has 2 aromatic rings. The maximum atomic E-state index is 11.2. The molecule has 5 nitrogen and oxygen atoms in total. The van der Waals surface area contributed by atoms with Crippen molar-refractivity contribution in [1.82, 2.24) is 15.0 Å². The first kappa shape index (κ1) is 11.8. The second-order valence-electron chi connectivity index (χ2n) is 3.47. The molecule has 0 radical (unpaired) electrons. The zero-order valence-electron chi connectivity index (χ0n) is 9.35. The molecule has 0 unspecified atom stereocenters. The number of methoxy groups -OCH3 is 1. The van der Waals surface area contributed by atoms with Crippen LogP contribution in [0.25, 0.3) is 5.69 Å². The number of carbonyl (C=O) groups is 1. The molecule has 88 valence electrons. The van der Waals surface area contributed by atoms with Gasteiger partial charge in [0.15, 0.2) is 5.69 Å². The molecule has 0 spiro atoms. The number of aromatic nitrogens is 3. The number of rotatable bonds is 2. The highest BCUT2D eigenvalue weighted by Gasteiger charge is 2.11.